The van der Waals surface area contributed by atoms with Gasteiger partial charge in [-0.2, -0.15) is 5.10 Å². The summed E-state index contributed by atoms with van der Waals surface area (Å²) in [5.74, 6) is 0.941. The first-order chi connectivity index (χ1) is 12.8. The van der Waals surface area contributed by atoms with Crippen LogP contribution in [-0.4, -0.2) is 20.9 Å². The molecule has 0 fully saturated rings. The molecule has 0 amide bonds. The Kier molecular flexibility index (Phi) is 4.13. The van der Waals surface area contributed by atoms with Gasteiger partial charge in [-0.05, 0) is 44.2 Å². The van der Waals surface area contributed by atoms with E-state index in [4.69, 9.17) is 0 Å². The van der Waals surface area contributed by atoms with E-state index in [2.05, 4.69) is 41.9 Å². The maximum Gasteiger partial charge on any atom is 0.350 e. The molecule has 4 rings (SSSR count). The van der Waals surface area contributed by atoms with Crippen molar-refractivity contribution < 1.29 is 0 Å². The van der Waals surface area contributed by atoms with Crippen LogP contribution in [0.15, 0.2) is 44.5 Å². The van der Waals surface area contributed by atoms with E-state index in [-0.39, 0.29) is 5.92 Å². The van der Waals surface area contributed by atoms with E-state index in [1.54, 1.807) is 6.21 Å². The van der Waals surface area contributed by atoms with E-state index in [0.29, 0.717) is 22.9 Å². The summed E-state index contributed by atoms with van der Waals surface area (Å²) < 4.78 is 0.926. The van der Waals surface area contributed by atoms with Crippen LogP contribution >= 0.6 is 0 Å². The van der Waals surface area contributed by atoms with Crippen LogP contribution in [0.4, 0.5) is 0 Å². The van der Waals surface area contributed by atoms with Crippen LogP contribution in [0.2, 0.25) is 0 Å². The maximum absolute atomic E-state index is 12.9. The first kappa shape index (κ1) is 17.5. The fraction of sp³-hybridized carbons (Fsp3) is 0.381. The SMILES string of the molecule is CC1=CC(C)C(C=Nn2c(=O)[nH]c3c([nH]c4ccc(C)cc43)c2=O)C(C)C1. The number of aromatic nitrogens is 3. The first-order valence-corrected chi connectivity index (χ1v) is 9.34. The molecule has 1 aliphatic carbocycles. The van der Waals surface area contributed by atoms with Crippen molar-refractivity contribution in [1.29, 1.82) is 0 Å². The highest BCUT2D eigenvalue weighted by Crippen LogP contribution is 2.32. The van der Waals surface area contributed by atoms with E-state index >= 15 is 0 Å². The second kappa shape index (κ2) is 6.37. The molecule has 1 aliphatic rings. The quantitative estimate of drug-likeness (QED) is 0.538. The Morgan fingerprint density at radius 3 is 2.67 bits per heavy atom. The Morgan fingerprint density at radius 2 is 1.93 bits per heavy atom. The van der Waals surface area contributed by atoms with E-state index < -0.39 is 11.2 Å². The topological polar surface area (TPSA) is 83.0 Å². The second-order valence-electron chi connectivity index (χ2n) is 7.87. The molecule has 27 heavy (non-hydrogen) atoms. The van der Waals surface area contributed by atoms with E-state index in [1.807, 2.05) is 25.1 Å². The molecule has 3 aromatic rings. The smallest absolute Gasteiger partial charge is 0.349 e. The predicted octanol–water partition coefficient (Wildman–Crippen LogP) is 3.55. The standard InChI is InChI=1S/C21H24N4O2/c1-11-5-6-17-15(9-11)18-19(23-17)20(26)25(21(27)24-18)22-10-16-13(3)7-12(2)8-14(16)4/h5-7,9-10,13-14,16,23H,8H2,1-4H3,(H,24,27). The van der Waals surface area contributed by atoms with Crippen LogP contribution in [0, 0.1) is 24.7 Å². The summed E-state index contributed by atoms with van der Waals surface area (Å²) in [6.45, 7) is 8.44. The van der Waals surface area contributed by atoms with Crippen molar-refractivity contribution in [2.24, 2.45) is 22.9 Å². The van der Waals surface area contributed by atoms with Crippen molar-refractivity contribution >= 4 is 28.2 Å². The summed E-state index contributed by atoms with van der Waals surface area (Å²) >= 11 is 0. The van der Waals surface area contributed by atoms with Gasteiger partial charge >= 0.3 is 11.2 Å². The van der Waals surface area contributed by atoms with Crippen LogP contribution in [0.3, 0.4) is 0 Å². The van der Waals surface area contributed by atoms with E-state index in [1.165, 1.54) is 5.57 Å². The third kappa shape index (κ3) is 2.95. The molecule has 3 atom stereocenters. The molecule has 3 unspecified atom stereocenters. The van der Waals surface area contributed by atoms with Crippen molar-refractivity contribution in [1.82, 2.24) is 14.6 Å². The largest absolute Gasteiger partial charge is 0.350 e. The van der Waals surface area contributed by atoms with Gasteiger partial charge < -0.3 is 9.97 Å². The molecule has 2 heterocycles. The monoisotopic (exact) mass is 364 g/mol. The minimum absolute atomic E-state index is 0.195. The summed E-state index contributed by atoms with van der Waals surface area (Å²) in [6.07, 6.45) is 5.01. The number of H-pyrrole nitrogens is 2. The molecule has 2 aromatic heterocycles. The molecule has 6 nitrogen and oxygen atoms in total. The summed E-state index contributed by atoms with van der Waals surface area (Å²) in [5, 5.41) is 5.12. The van der Waals surface area contributed by atoms with E-state index in [9.17, 15) is 9.59 Å². The van der Waals surface area contributed by atoms with Gasteiger partial charge in [0.15, 0.2) is 0 Å². The van der Waals surface area contributed by atoms with Gasteiger partial charge in [0.05, 0.1) is 5.52 Å². The Hall–Kier alpha value is -2.89. The Morgan fingerprint density at radius 1 is 1.15 bits per heavy atom. The van der Waals surface area contributed by atoms with Gasteiger partial charge in [0.1, 0.15) is 5.52 Å². The van der Waals surface area contributed by atoms with Crippen molar-refractivity contribution in [3.63, 3.8) is 0 Å². The number of hydrogen-bond acceptors (Lipinski definition) is 3. The normalized spacial score (nSPS) is 23.4. The van der Waals surface area contributed by atoms with Crippen LogP contribution in [0.25, 0.3) is 21.9 Å². The fourth-order valence-electron chi connectivity index (χ4n) is 4.28. The third-order valence-corrected chi connectivity index (χ3v) is 5.59. The van der Waals surface area contributed by atoms with Gasteiger partial charge in [0.25, 0.3) is 0 Å². The lowest BCUT2D eigenvalue weighted by atomic mass is 9.76. The molecule has 1 aromatic carbocycles. The van der Waals surface area contributed by atoms with Gasteiger partial charge in [-0.3, -0.25) is 4.79 Å². The predicted molar refractivity (Wildman–Crippen MR) is 110 cm³/mol. The molecular weight excluding hydrogens is 340 g/mol. The minimum Gasteiger partial charge on any atom is -0.349 e. The number of rotatable bonds is 2. The number of benzene rings is 1. The number of nitrogens with one attached hydrogen (secondary N) is 2. The Balaban J connectivity index is 1.82. The van der Waals surface area contributed by atoms with Gasteiger partial charge in [-0.1, -0.05) is 37.1 Å². The number of aromatic amines is 2. The lowest BCUT2D eigenvalue weighted by Crippen LogP contribution is -2.33. The fourth-order valence-corrected chi connectivity index (χ4v) is 4.28. The van der Waals surface area contributed by atoms with Gasteiger partial charge in [0.2, 0.25) is 0 Å². The van der Waals surface area contributed by atoms with Crippen LogP contribution < -0.4 is 11.2 Å². The molecule has 0 saturated carbocycles. The molecule has 140 valence electrons. The van der Waals surface area contributed by atoms with Crippen molar-refractivity contribution in [3.05, 3.63) is 56.2 Å². The maximum atomic E-state index is 12.9. The second-order valence-corrected chi connectivity index (χ2v) is 7.87. The third-order valence-electron chi connectivity index (χ3n) is 5.59. The lowest BCUT2D eigenvalue weighted by Gasteiger charge is -2.29. The average Bonchev–Trinajstić information content (AvgIpc) is 2.94. The highest BCUT2D eigenvalue weighted by atomic mass is 16.2. The van der Waals surface area contributed by atoms with Crippen LogP contribution in [-0.2, 0) is 0 Å². The molecule has 0 spiro atoms. The number of fused-ring (bicyclic) bond motifs is 3. The van der Waals surface area contributed by atoms with Crippen molar-refractivity contribution in [3.8, 4) is 0 Å². The van der Waals surface area contributed by atoms with Crippen LogP contribution in [0.1, 0.15) is 32.8 Å². The lowest BCUT2D eigenvalue weighted by molar-refractivity contribution is 0.361. The summed E-state index contributed by atoms with van der Waals surface area (Å²) in [4.78, 5) is 31.3. The highest BCUT2D eigenvalue weighted by molar-refractivity contribution is 6.04. The zero-order valence-electron chi connectivity index (χ0n) is 16.0. The molecule has 0 saturated heterocycles. The van der Waals surface area contributed by atoms with Crippen LogP contribution in [0.5, 0.6) is 0 Å². The van der Waals surface area contributed by atoms with Crippen molar-refractivity contribution in [2.75, 3.05) is 0 Å². The highest BCUT2D eigenvalue weighted by Gasteiger charge is 2.25. The average molecular weight is 364 g/mol. The van der Waals surface area contributed by atoms with E-state index in [0.717, 1.165) is 27.6 Å². The summed E-state index contributed by atoms with van der Waals surface area (Å²) in [5.41, 5.74) is 3.22. The van der Waals surface area contributed by atoms with Gasteiger partial charge in [-0.25, -0.2) is 4.79 Å². The van der Waals surface area contributed by atoms with Gasteiger partial charge in [-0.15, -0.1) is 4.68 Å². The Labute approximate surface area is 156 Å². The summed E-state index contributed by atoms with van der Waals surface area (Å²) in [7, 11) is 0. The zero-order chi connectivity index (χ0) is 19.3. The molecule has 0 aliphatic heterocycles. The molecular formula is C21H24N4O2. The number of aryl methyl sites for hydroxylation is 1. The molecule has 0 radical (unpaired) electrons. The summed E-state index contributed by atoms with van der Waals surface area (Å²) in [6, 6.07) is 5.83. The number of hydrogen-bond donors (Lipinski definition) is 2. The first-order valence-electron chi connectivity index (χ1n) is 9.34. The van der Waals surface area contributed by atoms with Crippen molar-refractivity contribution in [2.45, 2.75) is 34.1 Å². The minimum atomic E-state index is -0.519. The molecule has 6 heteroatoms. The molecule has 2 N–H and O–H groups in total. The van der Waals surface area contributed by atoms with Gasteiger partial charge in [0, 0.05) is 23.0 Å². The zero-order valence-corrected chi connectivity index (χ0v) is 16.0. The number of nitrogens with zero attached hydrogens (tertiary/aromatic N) is 2. The Bertz CT molecular complexity index is 1210. The molecule has 0 bridgehead atoms. The number of allylic oxidation sites excluding steroid dienone is 2.